The van der Waals surface area contributed by atoms with Crippen molar-refractivity contribution >= 4 is 28.4 Å². The van der Waals surface area contributed by atoms with Gasteiger partial charge in [-0.1, -0.05) is 25.1 Å². The monoisotopic (exact) mass is 374 g/mol. The van der Waals surface area contributed by atoms with Crippen LogP contribution in [0.5, 0.6) is 0 Å². The van der Waals surface area contributed by atoms with Crippen LogP contribution >= 0.6 is 0 Å². The lowest BCUT2D eigenvalue weighted by Crippen LogP contribution is -2.38. The molecule has 6 nitrogen and oxygen atoms in total. The lowest BCUT2D eigenvalue weighted by atomic mass is 9.98. The van der Waals surface area contributed by atoms with Gasteiger partial charge in [-0.05, 0) is 37.0 Å². The number of rotatable bonds is 3. The van der Waals surface area contributed by atoms with Gasteiger partial charge < -0.3 is 10.2 Å². The highest BCUT2D eigenvalue weighted by Gasteiger charge is 2.22. The Kier molecular flexibility index (Phi) is 5.02. The van der Waals surface area contributed by atoms with Gasteiger partial charge in [0, 0.05) is 37.1 Å². The highest BCUT2D eigenvalue weighted by molar-refractivity contribution is 6.09. The van der Waals surface area contributed by atoms with Gasteiger partial charge >= 0.3 is 0 Å². The number of nitrogens with one attached hydrogen (secondary N) is 1. The van der Waals surface area contributed by atoms with Crippen molar-refractivity contribution in [3.05, 3.63) is 66.1 Å². The Bertz CT molecular complexity index is 1020. The van der Waals surface area contributed by atoms with Crippen molar-refractivity contribution in [1.29, 1.82) is 0 Å². The minimum atomic E-state index is -0.312. The minimum absolute atomic E-state index is 0.0686. The Morgan fingerprint density at radius 2 is 1.82 bits per heavy atom. The quantitative estimate of drug-likeness (QED) is 0.757. The number of aromatic nitrogens is 2. The number of carbonyl (C=O) groups is 2. The molecule has 1 N–H and O–H groups in total. The van der Waals surface area contributed by atoms with Gasteiger partial charge in [0.2, 0.25) is 0 Å². The van der Waals surface area contributed by atoms with E-state index in [9.17, 15) is 9.59 Å². The van der Waals surface area contributed by atoms with Crippen LogP contribution in [0.1, 0.15) is 40.5 Å². The molecule has 1 fully saturated rings. The molecule has 3 heterocycles. The van der Waals surface area contributed by atoms with Crippen molar-refractivity contribution in [2.24, 2.45) is 5.92 Å². The second-order valence-electron chi connectivity index (χ2n) is 7.27. The summed E-state index contributed by atoms with van der Waals surface area (Å²) in [6.07, 6.45) is 6.71. The molecule has 142 valence electrons. The van der Waals surface area contributed by atoms with Crippen LogP contribution in [-0.2, 0) is 0 Å². The maximum absolute atomic E-state index is 12.8. The second kappa shape index (κ2) is 7.76. The maximum Gasteiger partial charge on any atom is 0.257 e. The molecular formula is C22H22N4O2. The van der Waals surface area contributed by atoms with Crippen LogP contribution in [-0.4, -0.2) is 39.8 Å². The van der Waals surface area contributed by atoms with E-state index in [0.29, 0.717) is 22.7 Å². The van der Waals surface area contributed by atoms with Gasteiger partial charge in [-0.3, -0.25) is 19.6 Å². The third kappa shape index (κ3) is 3.71. The van der Waals surface area contributed by atoms with E-state index in [0.717, 1.165) is 36.8 Å². The summed E-state index contributed by atoms with van der Waals surface area (Å²) in [5.74, 6) is 0.266. The molecule has 28 heavy (non-hydrogen) atoms. The van der Waals surface area contributed by atoms with Crippen LogP contribution in [0.4, 0.5) is 5.69 Å². The van der Waals surface area contributed by atoms with E-state index in [4.69, 9.17) is 0 Å². The van der Waals surface area contributed by atoms with Crippen LogP contribution < -0.4 is 5.32 Å². The zero-order chi connectivity index (χ0) is 19.5. The molecule has 2 aromatic heterocycles. The topological polar surface area (TPSA) is 75.2 Å². The molecule has 0 saturated carbocycles. The molecule has 3 aromatic rings. The molecule has 2 amide bonds. The Morgan fingerprint density at radius 1 is 1.07 bits per heavy atom. The van der Waals surface area contributed by atoms with E-state index in [2.05, 4.69) is 22.2 Å². The van der Waals surface area contributed by atoms with Gasteiger partial charge in [0.1, 0.15) is 0 Å². The normalized spacial score (nSPS) is 14.8. The number of likely N-dealkylation sites (tertiary alicyclic amines) is 1. The number of hydrogen-bond acceptors (Lipinski definition) is 4. The molecule has 0 spiro atoms. The van der Waals surface area contributed by atoms with E-state index >= 15 is 0 Å². The van der Waals surface area contributed by atoms with E-state index in [-0.39, 0.29) is 11.8 Å². The maximum atomic E-state index is 12.8. The SMILES string of the molecule is CC1CCN(C(=O)c2cncc(C(=O)Nc3cccc4cccnc34)c2)CC1. The molecule has 6 heteroatoms. The van der Waals surface area contributed by atoms with E-state index in [1.165, 1.54) is 12.4 Å². The number of nitrogens with zero attached hydrogens (tertiary/aromatic N) is 3. The van der Waals surface area contributed by atoms with Crippen LogP contribution in [0.15, 0.2) is 55.0 Å². The Morgan fingerprint density at radius 3 is 2.64 bits per heavy atom. The number of hydrogen-bond donors (Lipinski definition) is 1. The highest BCUT2D eigenvalue weighted by Crippen LogP contribution is 2.22. The number of pyridine rings is 2. The van der Waals surface area contributed by atoms with Crippen molar-refractivity contribution < 1.29 is 9.59 Å². The van der Waals surface area contributed by atoms with Crippen LogP contribution in [0, 0.1) is 5.92 Å². The van der Waals surface area contributed by atoms with Crippen LogP contribution in [0.2, 0.25) is 0 Å². The van der Waals surface area contributed by atoms with Crippen molar-refractivity contribution in [2.75, 3.05) is 18.4 Å². The standard InChI is InChI=1S/C22H22N4O2/c1-15-7-10-26(11-8-15)22(28)18-12-17(13-23-14-18)21(27)25-19-6-2-4-16-5-3-9-24-20(16)19/h2-6,9,12-15H,7-8,10-11H2,1H3,(H,25,27). The first-order chi connectivity index (χ1) is 13.6. The van der Waals surface area contributed by atoms with Crippen LogP contribution in [0.3, 0.4) is 0 Å². The van der Waals surface area contributed by atoms with Crippen molar-refractivity contribution in [3.8, 4) is 0 Å². The first-order valence-corrected chi connectivity index (χ1v) is 9.51. The van der Waals surface area contributed by atoms with Crippen LogP contribution in [0.25, 0.3) is 10.9 Å². The molecule has 4 rings (SSSR count). The number of fused-ring (bicyclic) bond motifs is 1. The zero-order valence-corrected chi connectivity index (χ0v) is 15.8. The van der Waals surface area contributed by atoms with Crippen molar-refractivity contribution in [1.82, 2.24) is 14.9 Å². The van der Waals surface area contributed by atoms with Gasteiger partial charge in [-0.15, -0.1) is 0 Å². The molecule has 1 saturated heterocycles. The average molecular weight is 374 g/mol. The first-order valence-electron chi connectivity index (χ1n) is 9.51. The molecule has 0 bridgehead atoms. The number of para-hydroxylation sites is 1. The largest absolute Gasteiger partial charge is 0.339 e. The summed E-state index contributed by atoms with van der Waals surface area (Å²) >= 11 is 0. The van der Waals surface area contributed by atoms with E-state index in [1.54, 1.807) is 12.3 Å². The molecule has 0 atom stereocenters. The molecule has 1 aliphatic rings. The first kappa shape index (κ1) is 18.1. The van der Waals surface area contributed by atoms with E-state index in [1.807, 2.05) is 35.2 Å². The Hall–Kier alpha value is -3.28. The zero-order valence-electron chi connectivity index (χ0n) is 15.8. The number of anilines is 1. The van der Waals surface area contributed by atoms with Gasteiger partial charge in [-0.25, -0.2) is 0 Å². The van der Waals surface area contributed by atoms with Gasteiger partial charge in [0.25, 0.3) is 11.8 Å². The van der Waals surface area contributed by atoms with Gasteiger partial charge in [-0.2, -0.15) is 0 Å². The number of carbonyl (C=O) groups excluding carboxylic acids is 2. The molecule has 0 aliphatic carbocycles. The fraction of sp³-hybridized carbons (Fsp3) is 0.273. The highest BCUT2D eigenvalue weighted by atomic mass is 16.2. The molecular weight excluding hydrogens is 352 g/mol. The summed E-state index contributed by atoms with van der Waals surface area (Å²) < 4.78 is 0. The van der Waals surface area contributed by atoms with Crippen molar-refractivity contribution in [2.45, 2.75) is 19.8 Å². The van der Waals surface area contributed by atoms with E-state index < -0.39 is 0 Å². The summed E-state index contributed by atoms with van der Waals surface area (Å²) in [6.45, 7) is 3.70. The predicted octanol–water partition coefficient (Wildman–Crippen LogP) is 3.75. The predicted molar refractivity (Wildman–Crippen MR) is 108 cm³/mol. The summed E-state index contributed by atoms with van der Waals surface area (Å²) in [5.41, 5.74) is 2.15. The summed E-state index contributed by atoms with van der Waals surface area (Å²) in [7, 11) is 0. The fourth-order valence-electron chi connectivity index (χ4n) is 3.47. The molecule has 1 aromatic carbocycles. The minimum Gasteiger partial charge on any atom is -0.339 e. The summed E-state index contributed by atoms with van der Waals surface area (Å²) in [4.78, 5) is 35.8. The average Bonchev–Trinajstić information content (AvgIpc) is 2.74. The number of amides is 2. The van der Waals surface area contributed by atoms with Crippen molar-refractivity contribution in [3.63, 3.8) is 0 Å². The second-order valence-corrected chi connectivity index (χ2v) is 7.27. The summed E-state index contributed by atoms with van der Waals surface area (Å²) in [6, 6.07) is 11.0. The Labute approximate surface area is 163 Å². The Balaban J connectivity index is 1.54. The molecule has 1 aliphatic heterocycles. The summed E-state index contributed by atoms with van der Waals surface area (Å²) in [5, 5.41) is 3.83. The molecule has 0 radical (unpaired) electrons. The number of benzene rings is 1. The van der Waals surface area contributed by atoms with Gasteiger partial charge in [0.15, 0.2) is 0 Å². The fourth-order valence-corrected chi connectivity index (χ4v) is 3.47. The lowest BCUT2D eigenvalue weighted by molar-refractivity contribution is 0.0697. The third-order valence-electron chi connectivity index (χ3n) is 5.20. The number of piperidine rings is 1. The molecule has 0 unspecified atom stereocenters. The smallest absolute Gasteiger partial charge is 0.257 e. The van der Waals surface area contributed by atoms with Gasteiger partial charge in [0.05, 0.1) is 22.3 Å². The third-order valence-corrected chi connectivity index (χ3v) is 5.20. The lowest BCUT2D eigenvalue weighted by Gasteiger charge is -2.30.